The van der Waals surface area contributed by atoms with Crippen LogP contribution in [0.3, 0.4) is 0 Å². The van der Waals surface area contributed by atoms with Gasteiger partial charge in [0.25, 0.3) is 5.56 Å². The van der Waals surface area contributed by atoms with Gasteiger partial charge in [-0.05, 0) is 18.6 Å². The summed E-state index contributed by atoms with van der Waals surface area (Å²) >= 11 is 6.84. The number of aryl methyl sites for hydroxylation is 1. The number of benzene rings is 2. The molecule has 162 valence electrons. The van der Waals surface area contributed by atoms with Gasteiger partial charge >= 0.3 is 0 Å². The van der Waals surface area contributed by atoms with Crippen molar-refractivity contribution >= 4 is 39.2 Å². The van der Waals surface area contributed by atoms with E-state index in [1.165, 1.54) is 12.7 Å². The molecule has 2 N–H and O–H groups in total. The molecule has 32 heavy (non-hydrogen) atoms. The van der Waals surface area contributed by atoms with Crippen molar-refractivity contribution in [1.82, 2.24) is 25.3 Å². The van der Waals surface area contributed by atoms with Crippen molar-refractivity contribution in [1.29, 1.82) is 0 Å². The normalized spacial score (nSPS) is 17.8. The second-order valence-corrected chi connectivity index (χ2v) is 8.38. The van der Waals surface area contributed by atoms with E-state index in [9.17, 15) is 4.79 Å². The fourth-order valence-corrected chi connectivity index (χ4v) is 5.05. The Bertz CT molecular complexity index is 1470. The number of piperazine rings is 1. The van der Waals surface area contributed by atoms with Crippen LogP contribution in [0.2, 0.25) is 5.02 Å². The summed E-state index contributed by atoms with van der Waals surface area (Å²) in [5.41, 5.74) is 1.34. The number of halogens is 2. The van der Waals surface area contributed by atoms with E-state index in [0.717, 1.165) is 13.1 Å². The summed E-state index contributed by atoms with van der Waals surface area (Å²) in [6.45, 7) is 4.38. The fraction of sp³-hybridized carbons (Fsp3) is 0.273. The van der Waals surface area contributed by atoms with Crippen LogP contribution in [-0.2, 0) is 0 Å². The zero-order valence-corrected chi connectivity index (χ0v) is 17.8. The van der Waals surface area contributed by atoms with Crippen LogP contribution in [0.4, 0.5) is 10.2 Å². The molecule has 2 aromatic carbocycles. The van der Waals surface area contributed by atoms with Crippen molar-refractivity contribution in [2.45, 2.75) is 13.0 Å². The van der Waals surface area contributed by atoms with E-state index in [4.69, 9.17) is 16.3 Å². The SMILES string of the molecule is Cc1ccc2nc[nH]c(=O)c2c1-c1c(Cl)c2c3c(ncnc3c1F)N1CCNC[C@H]1CO2. The number of anilines is 1. The number of rotatable bonds is 1. The lowest BCUT2D eigenvalue weighted by molar-refractivity contribution is 0.274. The number of aromatic nitrogens is 4. The Hall–Kier alpha value is -3.30. The maximum absolute atomic E-state index is 16.1. The molecule has 10 heteroatoms. The molecule has 0 unspecified atom stereocenters. The van der Waals surface area contributed by atoms with Crippen LogP contribution in [-0.4, -0.2) is 52.2 Å². The molecule has 1 atom stereocenters. The van der Waals surface area contributed by atoms with Crippen molar-refractivity contribution in [3.63, 3.8) is 0 Å². The van der Waals surface area contributed by atoms with Crippen LogP contribution in [0.25, 0.3) is 32.9 Å². The first-order valence-corrected chi connectivity index (χ1v) is 10.7. The molecular weight excluding hydrogens is 435 g/mol. The lowest BCUT2D eigenvalue weighted by Crippen LogP contribution is -2.53. The smallest absolute Gasteiger partial charge is 0.259 e. The third-order valence-corrected chi connectivity index (χ3v) is 6.57. The van der Waals surface area contributed by atoms with Crippen molar-refractivity contribution in [2.75, 3.05) is 31.1 Å². The minimum Gasteiger partial charge on any atom is -0.489 e. The zero-order valence-electron chi connectivity index (χ0n) is 17.1. The van der Waals surface area contributed by atoms with Gasteiger partial charge < -0.3 is 19.9 Å². The largest absolute Gasteiger partial charge is 0.489 e. The van der Waals surface area contributed by atoms with E-state index in [2.05, 4.69) is 30.2 Å². The van der Waals surface area contributed by atoms with E-state index in [-0.39, 0.29) is 33.1 Å². The van der Waals surface area contributed by atoms with Crippen molar-refractivity contribution in [3.05, 3.63) is 51.5 Å². The molecule has 0 spiro atoms. The van der Waals surface area contributed by atoms with E-state index in [1.807, 2.05) is 0 Å². The highest BCUT2D eigenvalue weighted by molar-refractivity contribution is 6.37. The number of nitrogens with zero attached hydrogens (tertiary/aromatic N) is 4. The third-order valence-electron chi connectivity index (χ3n) is 6.21. The van der Waals surface area contributed by atoms with E-state index < -0.39 is 5.82 Å². The number of hydrogen-bond acceptors (Lipinski definition) is 7. The van der Waals surface area contributed by atoms with Crippen LogP contribution < -0.4 is 20.5 Å². The minimum atomic E-state index is -0.617. The van der Waals surface area contributed by atoms with Crippen LogP contribution in [0.5, 0.6) is 5.75 Å². The fourth-order valence-electron chi connectivity index (χ4n) is 4.72. The highest BCUT2D eigenvalue weighted by Crippen LogP contribution is 2.48. The maximum Gasteiger partial charge on any atom is 0.259 e. The number of fused-ring (bicyclic) bond motifs is 3. The van der Waals surface area contributed by atoms with Gasteiger partial charge in [-0.1, -0.05) is 17.7 Å². The quantitative estimate of drug-likeness (QED) is 0.458. The van der Waals surface area contributed by atoms with Gasteiger partial charge in [0, 0.05) is 30.8 Å². The Morgan fingerprint density at radius 1 is 1.22 bits per heavy atom. The van der Waals surface area contributed by atoms with Gasteiger partial charge in [-0.3, -0.25) is 4.79 Å². The van der Waals surface area contributed by atoms with Gasteiger partial charge in [-0.2, -0.15) is 0 Å². The topological polar surface area (TPSA) is 96.0 Å². The highest BCUT2D eigenvalue weighted by Gasteiger charge is 2.34. The Morgan fingerprint density at radius 2 is 2.09 bits per heavy atom. The molecule has 0 radical (unpaired) electrons. The second-order valence-electron chi connectivity index (χ2n) is 8.00. The highest BCUT2D eigenvalue weighted by atomic mass is 35.5. The summed E-state index contributed by atoms with van der Waals surface area (Å²) in [7, 11) is 0. The van der Waals surface area contributed by atoms with Crippen molar-refractivity contribution < 1.29 is 9.13 Å². The molecule has 2 aromatic heterocycles. The summed E-state index contributed by atoms with van der Waals surface area (Å²) in [5, 5.41) is 4.17. The molecule has 1 fully saturated rings. The van der Waals surface area contributed by atoms with E-state index in [0.29, 0.717) is 46.7 Å². The lowest BCUT2D eigenvalue weighted by Gasteiger charge is -2.35. The summed E-state index contributed by atoms with van der Waals surface area (Å²) in [4.78, 5) is 30.4. The first kappa shape index (κ1) is 19.4. The van der Waals surface area contributed by atoms with Crippen LogP contribution >= 0.6 is 11.6 Å². The predicted molar refractivity (Wildman–Crippen MR) is 120 cm³/mol. The molecule has 6 rings (SSSR count). The molecule has 0 saturated carbocycles. The van der Waals surface area contributed by atoms with Gasteiger partial charge in [0.15, 0.2) is 11.6 Å². The Balaban J connectivity index is 1.73. The molecule has 4 heterocycles. The van der Waals surface area contributed by atoms with Crippen molar-refractivity contribution in [3.8, 4) is 16.9 Å². The van der Waals surface area contributed by atoms with Crippen molar-refractivity contribution in [2.24, 2.45) is 0 Å². The first-order chi connectivity index (χ1) is 15.6. The Labute approximate surface area is 186 Å². The molecule has 0 aliphatic carbocycles. The van der Waals surface area contributed by atoms with E-state index >= 15 is 4.39 Å². The van der Waals surface area contributed by atoms with Crippen LogP contribution in [0.15, 0.2) is 29.6 Å². The Kier molecular flexibility index (Phi) is 4.31. The summed E-state index contributed by atoms with van der Waals surface area (Å²) in [6.07, 6.45) is 2.68. The number of hydrogen-bond donors (Lipinski definition) is 2. The van der Waals surface area contributed by atoms with Gasteiger partial charge in [-0.25, -0.2) is 19.3 Å². The number of nitrogens with one attached hydrogen (secondary N) is 2. The minimum absolute atomic E-state index is 0.0307. The Morgan fingerprint density at radius 3 is 2.97 bits per heavy atom. The monoisotopic (exact) mass is 452 g/mol. The second kappa shape index (κ2) is 7.11. The molecule has 0 bridgehead atoms. The average Bonchev–Trinajstić information content (AvgIpc) is 2.97. The molecule has 8 nitrogen and oxygen atoms in total. The molecule has 0 amide bonds. The van der Waals surface area contributed by atoms with Crippen LogP contribution in [0, 0.1) is 12.7 Å². The number of aromatic amines is 1. The van der Waals surface area contributed by atoms with E-state index in [1.54, 1.807) is 19.1 Å². The predicted octanol–water partition coefficient (Wildman–Crippen LogP) is 2.80. The maximum atomic E-state index is 16.1. The standard InChI is InChI=1S/C22H18ClFN6O2/c1-10-2-3-12-14(22(31)29-8-26-12)13(10)15-17(23)20-16-19(18(15)24)27-9-28-21(16)30-5-4-25-6-11(30)7-32-20/h2-3,8-9,11,25H,4-7H2,1H3,(H,26,29,31)/t11-/m0/s1. The van der Waals surface area contributed by atoms with Gasteiger partial charge in [0.05, 0.1) is 33.7 Å². The first-order valence-electron chi connectivity index (χ1n) is 10.3. The van der Waals surface area contributed by atoms with Gasteiger partial charge in [0.1, 0.15) is 24.3 Å². The molecule has 1 saturated heterocycles. The number of ether oxygens (including phenoxy) is 1. The molecule has 4 aromatic rings. The van der Waals surface area contributed by atoms with Gasteiger partial charge in [-0.15, -0.1) is 0 Å². The lowest BCUT2D eigenvalue weighted by atomic mass is 9.94. The molecular formula is C22H18ClFN6O2. The van der Waals surface area contributed by atoms with Gasteiger partial charge in [0.2, 0.25) is 0 Å². The summed E-state index contributed by atoms with van der Waals surface area (Å²) in [5.74, 6) is 0.323. The third kappa shape index (κ3) is 2.64. The average molecular weight is 453 g/mol. The summed E-state index contributed by atoms with van der Waals surface area (Å²) in [6, 6.07) is 3.55. The zero-order chi connectivity index (χ0) is 22.0. The molecule has 2 aliphatic rings. The van der Waals surface area contributed by atoms with Crippen LogP contribution in [0.1, 0.15) is 5.56 Å². The summed E-state index contributed by atoms with van der Waals surface area (Å²) < 4.78 is 22.3. The number of H-pyrrole nitrogens is 1. The molecule has 2 aliphatic heterocycles.